The van der Waals surface area contributed by atoms with Crippen LogP contribution in [0.2, 0.25) is 0 Å². The Labute approximate surface area is 222 Å². The molecule has 2 N–H and O–H groups in total. The molecule has 10 heteroatoms. The van der Waals surface area contributed by atoms with Crippen molar-refractivity contribution in [2.45, 2.75) is 39.2 Å². The predicted molar refractivity (Wildman–Crippen MR) is 141 cm³/mol. The minimum atomic E-state index is -0.492. The van der Waals surface area contributed by atoms with Gasteiger partial charge in [-0.1, -0.05) is 62.6 Å². The standard InChI is InChI=1S/C28H34N4O6/c1-3-4-6-12-22(17-32(20-33)37-18-21-10-7-5-8-11-21)27(34)29-19-30-28(35)25-16-15-24(38-25)23-13-9-14-26(31-23)36-2/h5,7-11,13-16,20,22H,3-4,6,12,17-19H2,1-2H3,(H,29,34)(H,30,35)/t22-/m1/s1. The molecule has 0 unspecified atom stereocenters. The largest absolute Gasteiger partial charge is 0.481 e. The highest BCUT2D eigenvalue weighted by Crippen LogP contribution is 2.22. The lowest BCUT2D eigenvalue weighted by molar-refractivity contribution is -0.182. The van der Waals surface area contributed by atoms with E-state index in [1.54, 1.807) is 24.3 Å². The van der Waals surface area contributed by atoms with Crippen LogP contribution in [0.3, 0.4) is 0 Å². The van der Waals surface area contributed by atoms with Crippen LogP contribution in [-0.2, 0) is 21.0 Å². The van der Waals surface area contributed by atoms with Crippen LogP contribution in [0, 0.1) is 5.92 Å². The second-order valence-corrected chi connectivity index (χ2v) is 8.61. The van der Waals surface area contributed by atoms with Crippen LogP contribution in [0.1, 0.15) is 48.7 Å². The molecule has 2 aromatic heterocycles. The lowest BCUT2D eigenvalue weighted by atomic mass is 10.0. The van der Waals surface area contributed by atoms with Gasteiger partial charge in [0.25, 0.3) is 5.91 Å². The molecule has 0 aliphatic heterocycles. The van der Waals surface area contributed by atoms with Gasteiger partial charge in [-0.05, 0) is 30.2 Å². The minimum absolute atomic E-state index is 0.0832. The molecular weight excluding hydrogens is 488 g/mol. The number of hydrogen-bond donors (Lipinski definition) is 2. The fourth-order valence-corrected chi connectivity index (χ4v) is 3.73. The van der Waals surface area contributed by atoms with Crippen molar-refractivity contribution in [1.29, 1.82) is 0 Å². The molecule has 1 atom stereocenters. The molecule has 10 nitrogen and oxygen atoms in total. The summed E-state index contributed by atoms with van der Waals surface area (Å²) in [6.07, 6.45) is 3.97. The molecule has 0 saturated heterocycles. The topological polar surface area (TPSA) is 123 Å². The van der Waals surface area contributed by atoms with Gasteiger partial charge in [0.1, 0.15) is 12.3 Å². The molecular formula is C28H34N4O6. The maximum Gasteiger partial charge on any atom is 0.288 e. The monoisotopic (exact) mass is 522 g/mol. The molecule has 0 radical (unpaired) electrons. The number of unbranched alkanes of at least 4 members (excludes halogenated alkanes) is 2. The Morgan fingerprint density at radius 3 is 2.61 bits per heavy atom. The number of hydrogen-bond acceptors (Lipinski definition) is 7. The highest BCUT2D eigenvalue weighted by molar-refractivity contribution is 5.92. The number of benzene rings is 1. The zero-order chi connectivity index (χ0) is 27.2. The molecule has 3 rings (SSSR count). The van der Waals surface area contributed by atoms with Gasteiger partial charge in [0.15, 0.2) is 11.5 Å². The third-order valence-electron chi connectivity index (χ3n) is 5.81. The number of hydroxylamine groups is 2. The van der Waals surface area contributed by atoms with Gasteiger partial charge < -0.3 is 19.8 Å². The number of pyridine rings is 1. The first kappa shape index (κ1) is 28.4. The number of amides is 3. The van der Waals surface area contributed by atoms with E-state index in [4.69, 9.17) is 14.0 Å². The number of nitrogens with one attached hydrogen (secondary N) is 2. The van der Waals surface area contributed by atoms with Crippen molar-refractivity contribution in [3.8, 4) is 17.3 Å². The molecule has 0 aliphatic rings. The van der Waals surface area contributed by atoms with Gasteiger partial charge in [-0.3, -0.25) is 19.2 Å². The third-order valence-corrected chi connectivity index (χ3v) is 5.81. The van der Waals surface area contributed by atoms with E-state index in [9.17, 15) is 14.4 Å². The van der Waals surface area contributed by atoms with E-state index >= 15 is 0 Å². The van der Waals surface area contributed by atoms with Gasteiger partial charge in [-0.2, -0.15) is 0 Å². The van der Waals surface area contributed by atoms with Crippen molar-refractivity contribution in [3.63, 3.8) is 0 Å². The summed E-state index contributed by atoms with van der Waals surface area (Å²) in [4.78, 5) is 47.0. The number of furan rings is 1. The summed E-state index contributed by atoms with van der Waals surface area (Å²) < 4.78 is 10.7. The number of ether oxygens (including phenoxy) is 1. The Morgan fingerprint density at radius 2 is 1.87 bits per heavy atom. The van der Waals surface area contributed by atoms with Gasteiger partial charge in [0, 0.05) is 6.07 Å². The molecule has 0 aliphatic carbocycles. The molecule has 3 aromatic rings. The van der Waals surface area contributed by atoms with E-state index in [1.807, 2.05) is 30.3 Å². The molecule has 38 heavy (non-hydrogen) atoms. The van der Waals surface area contributed by atoms with Gasteiger partial charge in [-0.25, -0.2) is 10.0 Å². The van der Waals surface area contributed by atoms with Crippen LogP contribution >= 0.6 is 0 Å². The van der Waals surface area contributed by atoms with Crippen LogP contribution in [0.4, 0.5) is 0 Å². The molecule has 0 saturated carbocycles. The highest BCUT2D eigenvalue weighted by Gasteiger charge is 2.22. The van der Waals surface area contributed by atoms with Crippen molar-refractivity contribution >= 4 is 18.2 Å². The summed E-state index contributed by atoms with van der Waals surface area (Å²) in [6, 6.07) is 17.9. The van der Waals surface area contributed by atoms with Crippen LogP contribution in [0.15, 0.2) is 65.1 Å². The molecule has 2 heterocycles. The van der Waals surface area contributed by atoms with E-state index in [1.165, 1.54) is 13.2 Å². The third kappa shape index (κ3) is 8.74. The number of nitrogens with zero attached hydrogens (tertiary/aromatic N) is 2. The Bertz CT molecular complexity index is 1170. The molecule has 0 spiro atoms. The van der Waals surface area contributed by atoms with Crippen molar-refractivity contribution in [3.05, 3.63) is 72.0 Å². The first-order valence-electron chi connectivity index (χ1n) is 12.6. The fraction of sp³-hybridized carbons (Fsp3) is 0.357. The van der Waals surface area contributed by atoms with Crippen molar-refractivity contribution in [2.24, 2.45) is 5.92 Å². The lowest BCUT2D eigenvalue weighted by Gasteiger charge is -2.23. The number of rotatable bonds is 16. The first-order chi connectivity index (χ1) is 18.5. The maximum atomic E-state index is 12.9. The van der Waals surface area contributed by atoms with Crippen LogP contribution in [-0.4, -0.2) is 48.6 Å². The van der Waals surface area contributed by atoms with Crippen molar-refractivity contribution < 1.29 is 28.4 Å². The second-order valence-electron chi connectivity index (χ2n) is 8.61. The molecule has 0 bridgehead atoms. The van der Waals surface area contributed by atoms with Gasteiger partial charge in [-0.15, -0.1) is 0 Å². The quantitative estimate of drug-likeness (QED) is 0.126. The Kier molecular flexibility index (Phi) is 11.3. The SMILES string of the molecule is CCCCC[C@H](CN(C=O)OCc1ccccc1)C(=O)NCNC(=O)c1ccc(-c2cccc(OC)n2)o1. The van der Waals surface area contributed by atoms with Crippen LogP contribution in [0.5, 0.6) is 5.88 Å². The minimum Gasteiger partial charge on any atom is -0.481 e. The normalized spacial score (nSPS) is 11.4. The summed E-state index contributed by atoms with van der Waals surface area (Å²) in [5, 5.41) is 6.51. The van der Waals surface area contributed by atoms with E-state index in [0.717, 1.165) is 29.9 Å². The number of aromatic nitrogens is 1. The van der Waals surface area contributed by atoms with Crippen molar-refractivity contribution in [1.82, 2.24) is 20.7 Å². The molecule has 0 fully saturated rings. The first-order valence-corrected chi connectivity index (χ1v) is 12.6. The van der Waals surface area contributed by atoms with E-state index in [-0.39, 0.29) is 31.5 Å². The number of methoxy groups -OCH3 is 1. The highest BCUT2D eigenvalue weighted by atomic mass is 16.7. The van der Waals surface area contributed by atoms with Crippen LogP contribution < -0.4 is 15.4 Å². The van der Waals surface area contributed by atoms with Crippen LogP contribution in [0.25, 0.3) is 11.5 Å². The Balaban J connectivity index is 1.52. The molecule has 1 aromatic carbocycles. The van der Waals surface area contributed by atoms with E-state index in [0.29, 0.717) is 30.2 Å². The Hall–Kier alpha value is -4.18. The number of carbonyl (C=O) groups excluding carboxylic acids is 3. The summed E-state index contributed by atoms with van der Waals surface area (Å²) in [7, 11) is 1.52. The summed E-state index contributed by atoms with van der Waals surface area (Å²) in [5.41, 5.74) is 1.44. The van der Waals surface area contributed by atoms with Gasteiger partial charge in [0.05, 0.1) is 26.2 Å². The molecule has 3 amide bonds. The summed E-state index contributed by atoms with van der Waals surface area (Å²) in [5.74, 6) is -0.327. The predicted octanol–water partition coefficient (Wildman–Crippen LogP) is 3.94. The average molecular weight is 523 g/mol. The summed E-state index contributed by atoms with van der Waals surface area (Å²) >= 11 is 0. The van der Waals surface area contributed by atoms with Gasteiger partial charge in [0.2, 0.25) is 18.2 Å². The zero-order valence-electron chi connectivity index (χ0n) is 21.7. The molecule has 202 valence electrons. The van der Waals surface area contributed by atoms with Gasteiger partial charge >= 0.3 is 0 Å². The second kappa shape index (κ2) is 15.2. The van der Waals surface area contributed by atoms with Crippen molar-refractivity contribution in [2.75, 3.05) is 20.3 Å². The zero-order valence-corrected chi connectivity index (χ0v) is 21.7. The van der Waals surface area contributed by atoms with E-state index in [2.05, 4.69) is 22.5 Å². The van der Waals surface area contributed by atoms with E-state index < -0.39 is 11.8 Å². The maximum absolute atomic E-state index is 12.9. The fourth-order valence-electron chi connectivity index (χ4n) is 3.73. The Morgan fingerprint density at radius 1 is 1.05 bits per heavy atom. The smallest absolute Gasteiger partial charge is 0.288 e. The number of carbonyl (C=O) groups is 3. The average Bonchev–Trinajstić information content (AvgIpc) is 3.45. The summed E-state index contributed by atoms with van der Waals surface area (Å²) in [6.45, 7) is 2.31. The lowest BCUT2D eigenvalue weighted by Crippen LogP contribution is -2.43.